The van der Waals surface area contributed by atoms with E-state index in [4.69, 9.17) is 0 Å². The van der Waals surface area contributed by atoms with Gasteiger partial charge in [0.15, 0.2) is 0 Å². The molecule has 0 spiro atoms. The van der Waals surface area contributed by atoms with E-state index < -0.39 is 0 Å². The van der Waals surface area contributed by atoms with Crippen molar-refractivity contribution in [3.05, 3.63) is 51.3 Å². The molecule has 1 heterocycles. The highest BCUT2D eigenvalue weighted by Gasteiger charge is 2.17. The molecular weight excluding hydrogens is 330 g/mol. The van der Waals surface area contributed by atoms with Crippen molar-refractivity contribution in [1.29, 1.82) is 0 Å². The fourth-order valence-corrected chi connectivity index (χ4v) is 2.62. The number of benzene rings is 1. The third-order valence-corrected chi connectivity index (χ3v) is 4.13. The molecule has 1 aromatic heterocycles. The monoisotopic (exact) mass is 349 g/mol. The van der Waals surface area contributed by atoms with Crippen LogP contribution in [-0.4, -0.2) is 27.6 Å². The van der Waals surface area contributed by atoms with E-state index >= 15 is 0 Å². The molecule has 2 rings (SSSR count). The van der Waals surface area contributed by atoms with Crippen LogP contribution in [0, 0.1) is 13.8 Å². The second kappa shape index (κ2) is 6.43. The lowest BCUT2D eigenvalue weighted by molar-refractivity contribution is 0.0782. The molecule has 0 aliphatic heterocycles. The molecule has 0 unspecified atom stereocenters. The van der Waals surface area contributed by atoms with Crippen molar-refractivity contribution in [2.24, 2.45) is 0 Å². The van der Waals surface area contributed by atoms with Crippen molar-refractivity contribution in [1.82, 2.24) is 14.7 Å². The number of halogens is 1. The maximum atomic E-state index is 12.6. The van der Waals surface area contributed by atoms with E-state index in [1.807, 2.05) is 56.9 Å². The number of hydrogen-bond donors (Lipinski definition) is 0. The van der Waals surface area contributed by atoms with Crippen molar-refractivity contribution in [3.8, 4) is 0 Å². The molecule has 112 valence electrons. The smallest absolute Gasteiger partial charge is 0.254 e. The van der Waals surface area contributed by atoms with Gasteiger partial charge in [0.25, 0.3) is 5.91 Å². The quantitative estimate of drug-likeness (QED) is 0.846. The summed E-state index contributed by atoms with van der Waals surface area (Å²) in [6.45, 7) is 7.29. The zero-order valence-corrected chi connectivity index (χ0v) is 14.4. The zero-order chi connectivity index (χ0) is 15.6. The first-order chi connectivity index (χ1) is 9.92. The number of hydrogen-bond acceptors (Lipinski definition) is 2. The SMILES string of the molecule is CCn1cc(Br)c(CN(C)C(=O)c2cc(C)ccc2C)n1. The Labute approximate surface area is 133 Å². The standard InChI is InChI=1S/C16H20BrN3O/c1-5-20-9-14(17)15(18-20)10-19(4)16(21)13-8-11(2)6-7-12(13)3/h6-9H,5,10H2,1-4H3. The van der Waals surface area contributed by atoms with Gasteiger partial charge in [0.05, 0.1) is 16.7 Å². The van der Waals surface area contributed by atoms with Crippen molar-refractivity contribution < 1.29 is 4.79 Å². The molecule has 1 aromatic carbocycles. The number of amides is 1. The lowest BCUT2D eigenvalue weighted by Crippen LogP contribution is -2.27. The Kier molecular flexibility index (Phi) is 4.83. The zero-order valence-electron chi connectivity index (χ0n) is 12.9. The second-order valence-electron chi connectivity index (χ2n) is 5.26. The van der Waals surface area contributed by atoms with Crippen molar-refractivity contribution in [2.45, 2.75) is 33.9 Å². The molecular formula is C16H20BrN3O. The fourth-order valence-electron chi connectivity index (χ4n) is 2.17. The topological polar surface area (TPSA) is 38.1 Å². The van der Waals surface area contributed by atoms with Crippen molar-refractivity contribution in [3.63, 3.8) is 0 Å². The van der Waals surface area contributed by atoms with Gasteiger partial charge in [0, 0.05) is 25.4 Å². The number of rotatable bonds is 4. The van der Waals surface area contributed by atoms with Crippen LogP contribution in [-0.2, 0) is 13.1 Å². The van der Waals surface area contributed by atoms with Gasteiger partial charge in [-0.2, -0.15) is 5.10 Å². The van der Waals surface area contributed by atoms with E-state index in [1.165, 1.54) is 0 Å². The predicted octanol–water partition coefficient (Wildman–Crippen LogP) is 3.55. The Morgan fingerprint density at radius 3 is 2.71 bits per heavy atom. The van der Waals surface area contributed by atoms with Crippen LogP contribution in [0.3, 0.4) is 0 Å². The molecule has 0 saturated carbocycles. The van der Waals surface area contributed by atoms with Crippen LogP contribution in [0.1, 0.15) is 34.1 Å². The third kappa shape index (κ3) is 3.53. The highest BCUT2D eigenvalue weighted by molar-refractivity contribution is 9.10. The first-order valence-electron chi connectivity index (χ1n) is 6.97. The molecule has 0 bridgehead atoms. The summed E-state index contributed by atoms with van der Waals surface area (Å²) >= 11 is 3.50. The van der Waals surface area contributed by atoms with Gasteiger partial charge in [-0.3, -0.25) is 9.48 Å². The molecule has 5 heteroatoms. The van der Waals surface area contributed by atoms with Gasteiger partial charge in [0.1, 0.15) is 0 Å². The third-order valence-electron chi connectivity index (χ3n) is 3.47. The lowest BCUT2D eigenvalue weighted by atomic mass is 10.0. The molecule has 0 radical (unpaired) electrons. The summed E-state index contributed by atoms with van der Waals surface area (Å²) in [5.74, 6) is 0.0224. The summed E-state index contributed by atoms with van der Waals surface area (Å²) in [6, 6.07) is 5.94. The van der Waals surface area contributed by atoms with E-state index in [0.29, 0.717) is 6.54 Å². The second-order valence-corrected chi connectivity index (χ2v) is 6.11. The highest BCUT2D eigenvalue weighted by atomic mass is 79.9. The molecule has 21 heavy (non-hydrogen) atoms. The largest absolute Gasteiger partial charge is 0.336 e. The minimum Gasteiger partial charge on any atom is -0.336 e. The molecule has 0 N–H and O–H groups in total. The molecule has 4 nitrogen and oxygen atoms in total. The number of aromatic nitrogens is 2. The molecule has 0 fully saturated rings. The number of carbonyl (C=O) groups is 1. The lowest BCUT2D eigenvalue weighted by Gasteiger charge is -2.18. The summed E-state index contributed by atoms with van der Waals surface area (Å²) in [5.41, 5.74) is 3.71. The predicted molar refractivity (Wildman–Crippen MR) is 87.3 cm³/mol. The van der Waals surface area contributed by atoms with Crippen LogP contribution < -0.4 is 0 Å². The van der Waals surface area contributed by atoms with E-state index in [1.54, 1.807) is 4.90 Å². The van der Waals surface area contributed by atoms with Crippen LogP contribution >= 0.6 is 15.9 Å². The minimum absolute atomic E-state index is 0.0224. The van der Waals surface area contributed by atoms with Gasteiger partial charge in [-0.25, -0.2) is 0 Å². The average Bonchev–Trinajstić information content (AvgIpc) is 2.81. The van der Waals surface area contributed by atoms with Gasteiger partial charge >= 0.3 is 0 Å². The van der Waals surface area contributed by atoms with Crippen LogP contribution in [0.4, 0.5) is 0 Å². The minimum atomic E-state index is 0.0224. The van der Waals surface area contributed by atoms with Gasteiger partial charge in [-0.1, -0.05) is 17.7 Å². The molecule has 2 aromatic rings. The number of carbonyl (C=O) groups excluding carboxylic acids is 1. The summed E-state index contributed by atoms with van der Waals surface area (Å²) in [7, 11) is 1.81. The summed E-state index contributed by atoms with van der Waals surface area (Å²) in [6.07, 6.45) is 1.94. The van der Waals surface area contributed by atoms with Crippen LogP contribution in [0.15, 0.2) is 28.9 Å². The number of aryl methyl sites for hydroxylation is 3. The van der Waals surface area contributed by atoms with Crippen molar-refractivity contribution in [2.75, 3.05) is 7.05 Å². The molecule has 0 saturated heterocycles. The Hall–Kier alpha value is -1.62. The number of nitrogens with zero attached hydrogens (tertiary/aromatic N) is 3. The molecule has 0 aliphatic rings. The summed E-state index contributed by atoms with van der Waals surface area (Å²) < 4.78 is 2.79. The Bertz CT molecular complexity index is 664. The first kappa shape index (κ1) is 15.8. The molecule has 1 amide bonds. The Morgan fingerprint density at radius 2 is 2.10 bits per heavy atom. The van der Waals surface area contributed by atoms with E-state index in [2.05, 4.69) is 21.0 Å². The average molecular weight is 350 g/mol. The normalized spacial score (nSPS) is 10.7. The van der Waals surface area contributed by atoms with Gasteiger partial charge < -0.3 is 4.90 Å². The Balaban J connectivity index is 2.19. The van der Waals surface area contributed by atoms with Gasteiger partial charge in [-0.05, 0) is 48.3 Å². The van der Waals surface area contributed by atoms with E-state index in [-0.39, 0.29) is 5.91 Å². The highest BCUT2D eigenvalue weighted by Crippen LogP contribution is 2.18. The Morgan fingerprint density at radius 1 is 1.38 bits per heavy atom. The first-order valence-corrected chi connectivity index (χ1v) is 7.76. The van der Waals surface area contributed by atoms with Crippen LogP contribution in [0.2, 0.25) is 0 Å². The van der Waals surface area contributed by atoms with Crippen molar-refractivity contribution >= 4 is 21.8 Å². The van der Waals surface area contributed by atoms with E-state index in [9.17, 15) is 4.79 Å². The van der Waals surface area contributed by atoms with E-state index in [0.717, 1.165) is 33.4 Å². The fraction of sp³-hybridized carbons (Fsp3) is 0.375. The summed E-state index contributed by atoms with van der Waals surface area (Å²) in [5, 5.41) is 4.46. The molecule has 0 atom stereocenters. The maximum absolute atomic E-state index is 12.6. The summed E-state index contributed by atoms with van der Waals surface area (Å²) in [4.78, 5) is 14.3. The maximum Gasteiger partial charge on any atom is 0.254 e. The van der Waals surface area contributed by atoms with Crippen LogP contribution in [0.5, 0.6) is 0 Å². The van der Waals surface area contributed by atoms with Gasteiger partial charge in [0.2, 0.25) is 0 Å². The van der Waals surface area contributed by atoms with Gasteiger partial charge in [-0.15, -0.1) is 0 Å². The molecule has 0 aliphatic carbocycles. The van der Waals surface area contributed by atoms with Crippen LogP contribution in [0.25, 0.3) is 0 Å².